The monoisotopic (exact) mass is 236 g/mol. The molecule has 1 fully saturated rings. The predicted octanol–water partition coefficient (Wildman–Crippen LogP) is 1.33. The molecule has 4 heteroatoms. The number of nitrogens with one attached hydrogen (secondary N) is 1. The van der Waals surface area contributed by atoms with Crippen molar-refractivity contribution < 1.29 is 0 Å². The number of rotatable bonds is 5. The first-order valence-electron chi connectivity index (χ1n) is 6.69. The zero-order valence-electron chi connectivity index (χ0n) is 11.0. The first kappa shape index (κ1) is 12.6. The van der Waals surface area contributed by atoms with Gasteiger partial charge in [0.1, 0.15) is 0 Å². The van der Waals surface area contributed by atoms with Crippen LogP contribution in [-0.2, 0) is 13.1 Å². The zero-order chi connectivity index (χ0) is 12.1. The Bertz CT molecular complexity index is 326. The van der Waals surface area contributed by atoms with Gasteiger partial charge in [-0.2, -0.15) is 0 Å². The maximum atomic E-state index is 4.23. The molecule has 96 valence electrons. The van der Waals surface area contributed by atoms with Crippen LogP contribution in [0.5, 0.6) is 0 Å². The molecule has 0 spiro atoms. The molecule has 1 aromatic rings. The predicted molar refractivity (Wildman–Crippen MR) is 69.8 cm³/mol. The molecule has 0 saturated carbocycles. The number of imidazole rings is 1. The van der Waals surface area contributed by atoms with Crippen LogP contribution >= 0.6 is 0 Å². The summed E-state index contributed by atoms with van der Waals surface area (Å²) >= 11 is 0. The van der Waals surface area contributed by atoms with E-state index in [1.807, 2.05) is 19.6 Å². The fourth-order valence-corrected chi connectivity index (χ4v) is 2.63. The molecule has 1 aliphatic rings. The number of hydrogen-bond acceptors (Lipinski definition) is 3. The second kappa shape index (κ2) is 6.17. The minimum atomic E-state index is 0.868. The van der Waals surface area contributed by atoms with Crippen molar-refractivity contribution in [1.82, 2.24) is 19.8 Å². The molecule has 2 heterocycles. The Labute approximate surface area is 104 Å². The molecule has 0 unspecified atom stereocenters. The molecule has 0 radical (unpaired) electrons. The van der Waals surface area contributed by atoms with E-state index in [2.05, 4.69) is 26.7 Å². The maximum absolute atomic E-state index is 4.23. The molecular formula is C13H24N4. The Hall–Kier alpha value is -0.870. The number of piperidine rings is 1. The van der Waals surface area contributed by atoms with Crippen molar-refractivity contribution in [2.45, 2.75) is 32.9 Å². The fourth-order valence-electron chi connectivity index (χ4n) is 2.63. The summed E-state index contributed by atoms with van der Waals surface area (Å²) in [5.41, 5.74) is 1.35. The molecule has 4 nitrogen and oxygen atoms in total. The fraction of sp³-hybridized carbons (Fsp3) is 0.769. The van der Waals surface area contributed by atoms with Crippen molar-refractivity contribution in [3.8, 4) is 0 Å². The largest absolute Gasteiger partial charge is 0.334 e. The Morgan fingerprint density at radius 3 is 2.82 bits per heavy atom. The first-order chi connectivity index (χ1) is 8.33. The highest BCUT2D eigenvalue weighted by molar-refractivity contribution is 4.98. The van der Waals surface area contributed by atoms with Gasteiger partial charge in [-0.1, -0.05) is 0 Å². The molecule has 0 atom stereocenters. The smallest absolute Gasteiger partial charge is 0.0948 e. The summed E-state index contributed by atoms with van der Waals surface area (Å²) in [6, 6.07) is 0. The third-order valence-corrected chi connectivity index (χ3v) is 3.72. The van der Waals surface area contributed by atoms with Crippen molar-refractivity contribution in [3.63, 3.8) is 0 Å². The summed E-state index contributed by atoms with van der Waals surface area (Å²) in [6.07, 6.45) is 6.58. The lowest BCUT2D eigenvalue weighted by Gasteiger charge is -2.31. The summed E-state index contributed by atoms with van der Waals surface area (Å²) < 4.78 is 2.24. The van der Waals surface area contributed by atoms with E-state index >= 15 is 0 Å². The summed E-state index contributed by atoms with van der Waals surface area (Å²) in [5.74, 6) is 0.868. The lowest BCUT2D eigenvalue weighted by Crippen LogP contribution is -2.36. The van der Waals surface area contributed by atoms with Crippen LogP contribution in [0.1, 0.15) is 25.5 Å². The topological polar surface area (TPSA) is 33.1 Å². The zero-order valence-corrected chi connectivity index (χ0v) is 11.0. The van der Waals surface area contributed by atoms with E-state index in [0.717, 1.165) is 19.0 Å². The average Bonchev–Trinajstić information content (AvgIpc) is 2.79. The third kappa shape index (κ3) is 3.30. The van der Waals surface area contributed by atoms with Crippen molar-refractivity contribution in [2.24, 2.45) is 5.92 Å². The normalized spacial score (nSPS) is 18.7. The van der Waals surface area contributed by atoms with Gasteiger partial charge in [0, 0.05) is 19.3 Å². The van der Waals surface area contributed by atoms with Crippen LogP contribution in [0.3, 0.4) is 0 Å². The minimum absolute atomic E-state index is 0.868. The van der Waals surface area contributed by atoms with Crippen LogP contribution in [0, 0.1) is 5.92 Å². The number of likely N-dealkylation sites (tertiary alicyclic amines) is 1. The molecule has 1 aliphatic heterocycles. The molecule has 1 N–H and O–H groups in total. The van der Waals surface area contributed by atoms with Crippen molar-refractivity contribution in [1.29, 1.82) is 0 Å². The summed E-state index contributed by atoms with van der Waals surface area (Å²) in [6.45, 7) is 7.86. The van der Waals surface area contributed by atoms with E-state index in [-0.39, 0.29) is 0 Å². The van der Waals surface area contributed by atoms with Gasteiger partial charge < -0.3 is 9.88 Å². The number of aromatic nitrogens is 2. The Morgan fingerprint density at radius 2 is 2.18 bits per heavy atom. The Kier molecular flexibility index (Phi) is 4.57. The SMILES string of the molecule is CCn1cncc1CN1CCC(CNC)CC1. The van der Waals surface area contributed by atoms with Gasteiger partial charge in [0.2, 0.25) is 0 Å². The first-order valence-corrected chi connectivity index (χ1v) is 6.69. The van der Waals surface area contributed by atoms with Crippen LogP contribution in [0.4, 0.5) is 0 Å². The number of nitrogens with zero attached hydrogens (tertiary/aromatic N) is 3. The second-order valence-electron chi connectivity index (χ2n) is 4.95. The van der Waals surface area contributed by atoms with Gasteiger partial charge in [-0.15, -0.1) is 0 Å². The average molecular weight is 236 g/mol. The quantitative estimate of drug-likeness (QED) is 0.837. The lowest BCUT2D eigenvalue weighted by molar-refractivity contribution is 0.173. The van der Waals surface area contributed by atoms with Crippen molar-refractivity contribution in [3.05, 3.63) is 18.2 Å². The molecule has 17 heavy (non-hydrogen) atoms. The molecule has 2 rings (SSSR count). The molecule has 1 saturated heterocycles. The van der Waals surface area contributed by atoms with E-state index in [1.165, 1.54) is 38.2 Å². The molecule has 0 amide bonds. The van der Waals surface area contributed by atoms with E-state index in [1.54, 1.807) is 0 Å². The van der Waals surface area contributed by atoms with E-state index in [0.29, 0.717) is 0 Å². The summed E-state index contributed by atoms with van der Waals surface area (Å²) in [7, 11) is 2.05. The second-order valence-corrected chi connectivity index (χ2v) is 4.95. The molecule has 0 aromatic carbocycles. The maximum Gasteiger partial charge on any atom is 0.0948 e. The van der Waals surface area contributed by atoms with Gasteiger partial charge in [-0.3, -0.25) is 4.90 Å². The Balaban J connectivity index is 1.82. The van der Waals surface area contributed by atoms with Gasteiger partial charge in [0.25, 0.3) is 0 Å². The van der Waals surface area contributed by atoms with Crippen LogP contribution in [-0.4, -0.2) is 41.1 Å². The third-order valence-electron chi connectivity index (χ3n) is 3.72. The molecular weight excluding hydrogens is 212 g/mol. The molecule has 0 bridgehead atoms. The number of aryl methyl sites for hydroxylation is 1. The van der Waals surface area contributed by atoms with E-state index in [4.69, 9.17) is 0 Å². The summed E-state index contributed by atoms with van der Waals surface area (Å²) in [4.78, 5) is 6.78. The highest BCUT2D eigenvalue weighted by Gasteiger charge is 2.19. The van der Waals surface area contributed by atoms with Crippen molar-refractivity contribution >= 4 is 0 Å². The lowest BCUT2D eigenvalue weighted by atomic mass is 9.97. The van der Waals surface area contributed by atoms with Crippen LogP contribution in [0.2, 0.25) is 0 Å². The summed E-state index contributed by atoms with van der Waals surface area (Å²) in [5, 5.41) is 3.28. The van der Waals surface area contributed by atoms with Gasteiger partial charge in [-0.05, 0) is 52.4 Å². The van der Waals surface area contributed by atoms with E-state index < -0.39 is 0 Å². The molecule has 0 aliphatic carbocycles. The minimum Gasteiger partial charge on any atom is -0.334 e. The van der Waals surface area contributed by atoms with Gasteiger partial charge in [0.05, 0.1) is 12.0 Å². The van der Waals surface area contributed by atoms with Crippen LogP contribution in [0.25, 0.3) is 0 Å². The number of hydrogen-bond donors (Lipinski definition) is 1. The molecule has 1 aromatic heterocycles. The van der Waals surface area contributed by atoms with Crippen LogP contribution < -0.4 is 5.32 Å². The van der Waals surface area contributed by atoms with Gasteiger partial charge in [0.15, 0.2) is 0 Å². The van der Waals surface area contributed by atoms with Gasteiger partial charge >= 0.3 is 0 Å². The van der Waals surface area contributed by atoms with Crippen LogP contribution in [0.15, 0.2) is 12.5 Å². The van der Waals surface area contributed by atoms with Gasteiger partial charge in [-0.25, -0.2) is 4.98 Å². The van der Waals surface area contributed by atoms with Crippen molar-refractivity contribution in [2.75, 3.05) is 26.7 Å². The highest BCUT2D eigenvalue weighted by Crippen LogP contribution is 2.18. The Morgan fingerprint density at radius 1 is 1.41 bits per heavy atom. The van der Waals surface area contributed by atoms with E-state index in [9.17, 15) is 0 Å². The highest BCUT2D eigenvalue weighted by atomic mass is 15.2. The standard InChI is InChI=1S/C13H24N4/c1-3-17-11-15-9-13(17)10-16-6-4-12(5-7-16)8-14-2/h9,11-12,14H,3-8,10H2,1-2H3.